The third kappa shape index (κ3) is 3.89. The van der Waals surface area contributed by atoms with E-state index < -0.39 is 0 Å². The zero-order valence-corrected chi connectivity index (χ0v) is 13.1. The number of ether oxygens (including phenoxy) is 1. The van der Waals surface area contributed by atoms with Gasteiger partial charge >= 0.3 is 0 Å². The summed E-state index contributed by atoms with van der Waals surface area (Å²) in [4.78, 5) is 0. The number of hydrogen-bond donors (Lipinski definition) is 1. The number of nitrogens with one attached hydrogen (secondary N) is 1. The Labute approximate surface area is 129 Å². The summed E-state index contributed by atoms with van der Waals surface area (Å²) in [6.07, 6.45) is 0. The van der Waals surface area contributed by atoms with Crippen LogP contribution in [-0.4, -0.2) is 6.54 Å². The fraction of sp³-hybridized carbons (Fsp3) is 0.250. The standard InChI is InChI=1S/C16H17Cl2NO/c1-3-19-10-12-4-6-14(8-11(12)2)20-16-7-5-13(17)9-15(16)18/h4-9,19H,3,10H2,1-2H3. The van der Waals surface area contributed by atoms with Crippen molar-refractivity contribution in [2.24, 2.45) is 0 Å². The molecule has 0 atom stereocenters. The second-order valence-corrected chi connectivity index (χ2v) is 5.39. The van der Waals surface area contributed by atoms with E-state index in [0.29, 0.717) is 15.8 Å². The maximum absolute atomic E-state index is 6.10. The third-order valence-electron chi connectivity index (χ3n) is 3.00. The maximum atomic E-state index is 6.10. The molecule has 0 saturated carbocycles. The summed E-state index contributed by atoms with van der Waals surface area (Å²) in [5, 5.41) is 4.42. The molecular formula is C16H17Cl2NO. The van der Waals surface area contributed by atoms with Crippen molar-refractivity contribution in [1.82, 2.24) is 5.32 Å². The molecule has 0 bridgehead atoms. The Morgan fingerprint density at radius 2 is 1.90 bits per heavy atom. The van der Waals surface area contributed by atoms with Gasteiger partial charge < -0.3 is 10.1 Å². The zero-order chi connectivity index (χ0) is 14.5. The molecule has 2 aromatic carbocycles. The first-order valence-corrected chi connectivity index (χ1v) is 7.29. The SMILES string of the molecule is CCNCc1ccc(Oc2ccc(Cl)cc2Cl)cc1C. The van der Waals surface area contributed by atoms with Crippen LogP contribution in [0.4, 0.5) is 0 Å². The molecule has 2 nitrogen and oxygen atoms in total. The van der Waals surface area contributed by atoms with Gasteiger partial charge in [0.15, 0.2) is 0 Å². The summed E-state index contributed by atoms with van der Waals surface area (Å²) in [7, 11) is 0. The van der Waals surface area contributed by atoms with Crippen molar-refractivity contribution >= 4 is 23.2 Å². The second-order valence-electron chi connectivity index (χ2n) is 4.55. The molecule has 0 radical (unpaired) electrons. The van der Waals surface area contributed by atoms with E-state index in [4.69, 9.17) is 27.9 Å². The van der Waals surface area contributed by atoms with Gasteiger partial charge in [0.05, 0.1) is 5.02 Å². The molecule has 0 spiro atoms. The van der Waals surface area contributed by atoms with Crippen LogP contribution in [0.5, 0.6) is 11.5 Å². The Morgan fingerprint density at radius 1 is 1.10 bits per heavy atom. The Bertz CT molecular complexity index is 599. The topological polar surface area (TPSA) is 21.3 Å². The van der Waals surface area contributed by atoms with Crippen molar-refractivity contribution in [2.45, 2.75) is 20.4 Å². The Balaban J connectivity index is 2.15. The number of hydrogen-bond acceptors (Lipinski definition) is 2. The molecule has 0 amide bonds. The van der Waals surface area contributed by atoms with E-state index in [1.165, 1.54) is 11.1 Å². The molecule has 0 unspecified atom stereocenters. The van der Waals surface area contributed by atoms with Gasteiger partial charge in [0, 0.05) is 11.6 Å². The third-order valence-corrected chi connectivity index (χ3v) is 3.53. The highest BCUT2D eigenvalue weighted by molar-refractivity contribution is 6.35. The monoisotopic (exact) mass is 309 g/mol. The normalized spacial score (nSPS) is 10.6. The Kier molecular flexibility index (Phi) is 5.30. The minimum Gasteiger partial charge on any atom is -0.456 e. The van der Waals surface area contributed by atoms with Crippen LogP contribution < -0.4 is 10.1 Å². The highest BCUT2D eigenvalue weighted by Gasteiger charge is 2.06. The second kappa shape index (κ2) is 6.98. The van der Waals surface area contributed by atoms with Gasteiger partial charge in [-0.25, -0.2) is 0 Å². The lowest BCUT2D eigenvalue weighted by atomic mass is 10.1. The van der Waals surface area contributed by atoms with Crippen molar-refractivity contribution in [1.29, 1.82) is 0 Å². The molecular weight excluding hydrogens is 293 g/mol. The van der Waals surface area contributed by atoms with Gasteiger partial charge in [-0.1, -0.05) is 36.2 Å². The minimum atomic E-state index is 0.506. The molecule has 0 saturated heterocycles. The first kappa shape index (κ1) is 15.2. The summed E-state index contributed by atoms with van der Waals surface area (Å²) in [6, 6.07) is 11.2. The van der Waals surface area contributed by atoms with Gasteiger partial charge in [-0.05, 0) is 54.9 Å². The summed E-state index contributed by atoms with van der Waals surface area (Å²) >= 11 is 12.0. The van der Waals surface area contributed by atoms with Gasteiger partial charge in [0.25, 0.3) is 0 Å². The van der Waals surface area contributed by atoms with E-state index in [2.05, 4.69) is 25.2 Å². The predicted molar refractivity (Wildman–Crippen MR) is 85.1 cm³/mol. The number of rotatable bonds is 5. The molecule has 0 heterocycles. The van der Waals surface area contributed by atoms with E-state index in [1.807, 2.05) is 12.1 Å². The molecule has 0 aliphatic heterocycles. The predicted octanol–water partition coefficient (Wildman–Crippen LogP) is 5.20. The first-order valence-electron chi connectivity index (χ1n) is 6.53. The molecule has 1 N–H and O–H groups in total. The van der Waals surface area contributed by atoms with Crippen molar-refractivity contribution in [3.05, 3.63) is 57.6 Å². The van der Waals surface area contributed by atoms with Crippen LogP contribution in [0.15, 0.2) is 36.4 Å². The molecule has 2 aromatic rings. The van der Waals surface area contributed by atoms with Crippen LogP contribution in [0.25, 0.3) is 0 Å². The van der Waals surface area contributed by atoms with Gasteiger partial charge in [0.1, 0.15) is 11.5 Å². The van der Waals surface area contributed by atoms with Crippen LogP contribution in [-0.2, 0) is 6.54 Å². The lowest BCUT2D eigenvalue weighted by Gasteiger charge is -2.11. The molecule has 106 valence electrons. The fourth-order valence-electron chi connectivity index (χ4n) is 1.87. The molecule has 0 aliphatic rings. The summed E-state index contributed by atoms with van der Waals surface area (Å²) in [5.74, 6) is 1.38. The van der Waals surface area contributed by atoms with Crippen molar-refractivity contribution in [3.8, 4) is 11.5 Å². The molecule has 0 aliphatic carbocycles. The average Bonchev–Trinajstić information content (AvgIpc) is 2.41. The molecule has 4 heteroatoms. The van der Waals surface area contributed by atoms with Crippen LogP contribution in [0, 0.1) is 6.92 Å². The van der Waals surface area contributed by atoms with Crippen molar-refractivity contribution in [2.75, 3.05) is 6.54 Å². The van der Waals surface area contributed by atoms with Gasteiger partial charge in [-0.2, -0.15) is 0 Å². The van der Waals surface area contributed by atoms with Crippen LogP contribution in [0.3, 0.4) is 0 Å². The van der Waals surface area contributed by atoms with Crippen LogP contribution in [0.1, 0.15) is 18.1 Å². The van der Waals surface area contributed by atoms with E-state index in [-0.39, 0.29) is 0 Å². The quantitative estimate of drug-likeness (QED) is 0.819. The molecule has 20 heavy (non-hydrogen) atoms. The number of benzene rings is 2. The highest BCUT2D eigenvalue weighted by atomic mass is 35.5. The summed E-state index contributed by atoms with van der Waals surface area (Å²) in [5.41, 5.74) is 2.45. The smallest absolute Gasteiger partial charge is 0.146 e. The molecule has 2 rings (SSSR count). The van der Waals surface area contributed by atoms with Crippen molar-refractivity contribution < 1.29 is 4.74 Å². The lowest BCUT2D eigenvalue weighted by Crippen LogP contribution is -2.12. The summed E-state index contributed by atoms with van der Waals surface area (Å²) < 4.78 is 5.79. The minimum absolute atomic E-state index is 0.506. The van der Waals surface area contributed by atoms with Gasteiger partial charge in [-0.3, -0.25) is 0 Å². The Hall–Kier alpha value is -1.22. The van der Waals surface area contributed by atoms with E-state index in [9.17, 15) is 0 Å². The lowest BCUT2D eigenvalue weighted by molar-refractivity contribution is 0.482. The van der Waals surface area contributed by atoms with Crippen molar-refractivity contribution in [3.63, 3.8) is 0 Å². The number of aryl methyl sites for hydroxylation is 1. The highest BCUT2D eigenvalue weighted by Crippen LogP contribution is 2.32. The Morgan fingerprint density at radius 3 is 2.55 bits per heavy atom. The van der Waals surface area contributed by atoms with Gasteiger partial charge in [-0.15, -0.1) is 0 Å². The first-order chi connectivity index (χ1) is 9.60. The molecule has 0 fully saturated rings. The largest absolute Gasteiger partial charge is 0.456 e. The van der Waals surface area contributed by atoms with E-state index >= 15 is 0 Å². The maximum Gasteiger partial charge on any atom is 0.146 e. The average molecular weight is 310 g/mol. The van der Waals surface area contributed by atoms with E-state index in [1.54, 1.807) is 18.2 Å². The van der Waals surface area contributed by atoms with Gasteiger partial charge in [0.2, 0.25) is 0 Å². The molecule has 0 aromatic heterocycles. The van der Waals surface area contributed by atoms with Crippen LogP contribution in [0.2, 0.25) is 10.0 Å². The fourth-order valence-corrected chi connectivity index (χ4v) is 2.32. The van der Waals surface area contributed by atoms with E-state index in [0.717, 1.165) is 18.8 Å². The summed E-state index contributed by atoms with van der Waals surface area (Å²) in [6.45, 7) is 5.99. The number of halogens is 2. The zero-order valence-electron chi connectivity index (χ0n) is 11.5. The van der Waals surface area contributed by atoms with Crippen LogP contribution >= 0.6 is 23.2 Å².